The van der Waals surface area contributed by atoms with Crippen LogP contribution in [0.15, 0.2) is 42.9 Å². The normalized spacial score (nSPS) is 11.1. The van der Waals surface area contributed by atoms with Crippen LogP contribution >= 0.6 is 11.3 Å². The fourth-order valence-corrected chi connectivity index (χ4v) is 4.24. The number of pyridine rings is 1. The maximum atomic E-state index is 13.5. The van der Waals surface area contributed by atoms with E-state index in [0.29, 0.717) is 17.4 Å². The molecule has 0 saturated carbocycles. The van der Waals surface area contributed by atoms with Gasteiger partial charge in [0, 0.05) is 19.4 Å². The molecular weight excluding hydrogens is 370 g/mol. The third-order valence-electron chi connectivity index (χ3n) is 4.94. The number of fused-ring (bicyclic) bond motifs is 1. The molecule has 0 atom stereocenters. The lowest BCUT2D eigenvalue weighted by Gasteiger charge is -2.20. The van der Waals surface area contributed by atoms with Gasteiger partial charge in [0.15, 0.2) is 5.13 Å². The fourth-order valence-electron chi connectivity index (χ4n) is 3.21. The monoisotopic (exact) mass is 391 g/mol. The van der Waals surface area contributed by atoms with E-state index in [1.165, 1.54) is 16.9 Å². The maximum absolute atomic E-state index is 13.5. The van der Waals surface area contributed by atoms with E-state index in [9.17, 15) is 4.79 Å². The van der Waals surface area contributed by atoms with Gasteiger partial charge in [-0.15, -0.1) is 0 Å². The van der Waals surface area contributed by atoms with Gasteiger partial charge in [-0.3, -0.25) is 19.4 Å². The highest BCUT2D eigenvalue weighted by atomic mass is 32.1. The highest BCUT2D eigenvalue weighted by molar-refractivity contribution is 7.22. The molecule has 3 heterocycles. The summed E-state index contributed by atoms with van der Waals surface area (Å²) in [4.78, 5) is 24.2. The maximum Gasteiger partial charge on any atom is 0.278 e. The number of hydrogen-bond acceptors (Lipinski definition) is 5. The molecule has 0 bridgehead atoms. The SMILES string of the molecule is Cc1ccc2sc(N(Cc3cccnc3)C(=O)c3c(C)cnn3C)nc2c1C. The van der Waals surface area contributed by atoms with Crippen LogP contribution in [0.2, 0.25) is 0 Å². The summed E-state index contributed by atoms with van der Waals surface area (Å²) in [5.74, 6) is -0.116. The largest absolute Gasteiger partial charge is 0.278 e. The second-order valence-corrected chi connectivity index (χ2v) is 7.91. The number of anilines is 1. The van der Waals surface area contributed by atoms with Crippen molar-refractivity contribution in [3.05, 3.63) is 70.8 Å². The van der Waals surface area contributed by atoms with E-state index in [1.807, 2.05) is 19.1 Å². The molecule has 0 radical (unpaired) electrons. The zero-order chi connectivity index (χ0) is 19.8. The quantitative estimate of drug-likeness (QED) is 0.523. The van der Waals surface area contributed by atoms with Crippen LogP contribution in [0.5, 0.6) is 0 Å². The molecule has 4 rings (SSSR count). The Balaban J connectivity index is 1.83. The van der Waals surface area contributed by atoms with Crippen LogP contribution in [-0.2, 0) is 13.6 Å². The molecule has 6 nitrogen and oxygen atoms in total. The van der Waals surface area contributed by atoms with Gasteiger partial charge >= 0.3 is 0 Å². The Labute approximate surface area is 167 Å². The van der Waals surface area contributed by atoms with Crippen LogP contribution in [0.3, 0.4) is 0 Å². The average Bonchev–Trinajstić information content (AvgIpc) is 3.27. The zero-order valence-electron chi connectivity index (χ0n) is 16.3. The molecule has 0 aliphatic heterocycles. The number of rotatable bonds is 4. The summed E-state index contributed by atoms with van der Waals surface area (Å²) in [6.07, 6.45) is 5.21. The Morgan fingerprint density at radius 2 is 1.96 bits per heavy atom. The van der Waals surface area contributed by atoms with E-state index in [4.69, 9.17) is 4.98 Å². The van der Waals surface area contributed by atoms with Gasteiger partial charge in [0.25, 0.3) is 5.91 Å². The summed E-state index contributed by atoms with van der Waals surface area (Å²) < 4.78 is 2.69. The molecule has 7 heteroatoms. The van der Waals surface area contributed by atoms with Gasteiger partial charge in [-0.25, -0.2) is 4.98 Å². The number of carbonyl (C=O) groups excluding carboxylic acids is 1. The van der Waals surface area contributed by atoms with Gasteiger partial charge in [-0.2, -0.15) is 5.10 Å². The average molecular weight is 392 g/mol. The molecule has 0 fully saturated rings. The summed E-state index contributed by atoms with van der Waals surface area (Å²) >= 11 is 1.53. The number of nitrogens with zero attached hydrogens (tertiary/aromatic N) is 5. The Bertz CT molecular complexity index is 1140. The fraction of sp³-hybridized carbons (Fsp3) is 0.238. The van der Waals surface area contributed by atoms with Crippen molar-refractivity contribution in [1.82, 2.24) is 19.7 Å². The summed E-state index contributed by atoms with van der Waals surface area (Å²) in [5, 5.41) is 4.91. The Morgan fingerprint density at radius 1 is 1.14 bits per heavy atom. The minimum atomic E-state index is -0.116. The van der Waals surface area contributed by atoms with Crippen LogP contribution in [0.25, 0.3) is 10.2 Å². The van der Waals surface area contributed by atoms with Crippen LogP contribution in [0, 0.1) is 20.8 Å². The number of aromatic nitrogens is 4. The molecule has 142 valence electrons. The van der Waals surface area contributed by atoms with E-state index in [0.717, 1.165) is 26.9 Å². The van der Waals surface area contributed by atoms with Crippen LogP contribution < -0.4 is 4.90 Å². The van der Waals surface area contributed by atoms with E-state index >= 15 is 0 Å². The van der Waals surface area contributed by atoms with Gasteiger partial charge in [0.2, 0.25) is 0 Å². The molecule has 0 saturated heterocycles. The first-order chi connectivity index (χ1) is 13.5. The second kappa shape index (κ2) is 7.16. The number of aryl methyl sites for hydroxylation is 4. The Kier molecular flexibility index (Phi) is 4.68. The van der Waals surface area contributed by atoms with Crippen LogP contribution in [-0.4, -0.2) is 25.7 Å². The smallest absolute Gasteiger partial charge is 0.278 e. The van der Waals surface area contributed by atoms with E-state index in [-0.39, 0.29) is 5.91 Å². The lowest BCUT2D eigenvalue weighted by atomic mass is 10.1. The van der Waals surface area contributed by atoms with E-state index in [2.05, 4.69) is 36.1 Å². The van der Waals surface area contributed by atoms with Crippen LogP contribution in [0.1, 0.15) is 32.7 Å². The first kappa shape index (κ1) is 18.3. The van der Waals surface area contributed by atoms with Crippen molar-refractivity contribution < 1.29 is 4.79 Å². The van der Waals surface area contributed by atoms with Crippen molar-refractivity contribution in [2.75, 3.05) is 4.90 Å². The van der Waals surface area contributed by atoms with Crippen molar-refractivity contribution >= 4 is 32.6 Å². The first-order valence-corrected chi connectivity index (χ1v) is 9.83. The van der Waals surface area contributed by atoms with Gasteiger partial charge in [0.05, 0.1) is 23.0 Å². The van der Waals surface area contributed by atoms with Crippen molar-refractivity contribution in [3.63, 3.8) is 0 Å². The molecular formula is C21H21N5OS. The van der Waals surface area contributed by atoms with Crippen molar-refractivity contribution in [2.24, 2.45) is 7.05 Å². The highest BCUT2D eigenvalue weighted by Crippen LogP contribution is 2.33. The first-order valence-electron chi connectivity index (χ1n) is 9.02. The molecule has 1 aromatic carbocycles. The van der Waals surface area contributed by atoms with Crippen molar-refractivity contribution in [2.45, 2.75) is 27.3 Å². The Hall–Kier alpha value is -3.06. The number of hydrogen-bond donors (Lipinski definition) is 0. The number of amides is 1. The van der Waals surface area contributed by atoms with Gasteiger partial charge in [0.1, 0.15) is 5.69 Å². The van der Waals surface area contributed by atoms with Gasteiger partial charge in [-0.1, -0.05) is 23.5 Å². The molecule has 0 unspecified atom stereocenters. The van der Waals surface area contributed by atoms with Crippen molar-refractivity contribution in [1.29, 1.82) is 0 Å². The molecule has 1 amide bonds. The van der Waals surface area contributed by atoms with E-state index < -0.39 is 0 Å². The second-order valence-electron chi connectivity index (χ2n) is 6.90. The number of carbonyl (C=O) groups is 1. The predicted molar refractivity (Wildman–Crippen MR) is 112 cm³/mol. The molecule has 0 aliphatic carbocycles. The zero-order valence-corrected chi connectivity index (χ0v) is 17.1. The lowest BCUT2D eigenvalue weighted by molar-refractivity contribution is 0.0975. The summed E-state index contributed by atoms with van der Waals surface area (Å²) in [7, 11) is 1.79. The third kappa shape index (κ3) is 3.18. The predicted octanol–water partition coefficient (Wildman–Crippen LogP) is 4.20. The van der Waals surface area contributed by atoms with Gasteiger partial charge < -0.3 is 0 Å². The standard InChI is InChI=1S/C21H21N5OS/c1-13-7-8-17-18(15(13)3)24-21(28-17)26(12-16-6-5-9-22-11-16)20(27)19-14(2)10-23-25(19)4/h5-11H,12H2,1-4H3. The number of thiazole rings is 1. The molecule has 3 aromatic heterocycles. The molecule has 0 aliphatic rings. The topological polar surface area (TPSA) is 63.9 Å². The van der Waals surface area contributed by atoms with E-state index in [1.54, 1.807) is 35.2 Å². The highest BCUT2D eigenvalue weighted by Gasteiger charge is 2.26. The lowest BCUT2D eigenvalue weighted by Crippen LogP contribution is -2.32. The number of benzene rings is 1. The minimum absolute atomic E-state index is 0.116. The molecule has 28 heavy (non-hydrogen) atoms. The van der Waals surface area contributed by atoms with Crippen LogP contribution in [0.4, 0.5) is 5.13 Å². The van der Waals surface area contributed by atoms with Gasteiger partial charge in [-0.05, 0) is 55.2 Å². The summed E-state index contributed by atoms with van der Waals surface area (Å²) in [6.45, 7) is 6.44. The Morgan fingerprint density at radius 3 is 2.64 bits per heavy atom. The molecule has 0 spiro atoms. The minimum Gasteiger partial charge on any atom is -0.278 e. The molecule has 4 aromatic rings. The van der Waals surface area contributed by atoms with Crippen molar-refractivity contribution in [3.8, 4) is 0 Å². The summed E-state index contributed by atoms with van der Waals surface area (Å²) in [5.41, 5.74) is 5.64. The molecule has 0 N–H and O–H groups in total. The summed E-state index contributed by atoms with van der Waals surface area (Å²) in [6, 6.07) is 8.00. The third-order valence-corrected chi connectivity index (χ3v) is 5.98.